The van der Waals surface area contributed by atoms with Crippen LogP contribution in [0.3, 0.4) is 0 Å². The van der Waals surface area contributed by atoms with Crippen molar-refractivity contribution in [1.29, 1.82) is 0 Å². The van der Waals surface area contributed by atoms with Gasteiger partial charge in [-0.3, -0.25) is 4.79 Å². The summed E-state index contributed by atoms with van der Waals surface area (Å²) in [6.45, 7) is 2.60. The maximum absolute atomic E-state index is 13.5. The summed E-state index contributed by atoms with van der Waals surface area (Å²) in [5, 5.41) is 0. The Labute approximate surface area is 170 Å². The highest BCUT2D eigenvalue weighted by molar-refractivity contribution is 5.82. The molecule has 29 heavy (non-hydrogen) atoms. The maximum atomic E-state index is 13.5. The van der Waals surface area contributed by atoms with Gasteiger partial charge in [-0.25, -0.2) is 0 Å². The fraction of sp³-hybridized carbons (Fsp3) is 0.957. The molecule has 0 unspecified atom stereocenters. The van der Waals surface area contributed by atoms with Gasteiger partial charge >= 0.3 is 12.1 Å². The van der Waals surface area contributed by atoms with Gasteiger partial charge in [0.05, 0.1) is 12.2 Å². The minimum atomic E-state index is -4.79. The zero-order valence-electron chi connectivity index (χ0n) is 17.2. The molecule has 162 valence electrons. The van der Waals surface area contributed by atoms with Crippen molar-refractivity contribution in [3.8, 4) is 0 Å². The highest BCUT2D eigenvalue weighted by Crippen LogP contribution is 2.70. The highest BCUT2D eigenvalue weighted by Gasteiger charge is 2.72. The third kappa shape index (κ3) is 2.44. The molecule has 2 bridgehead atoms. The average Bonchev–Trinajstić information content (AvgIpc) is 3.16. The van der Waals surface area contributed by atoms with Crippen LogP contribution in [0.25, 0.3) is 0 Å². The summed E-state index contributed by atoms with van der Waals surface area (Å²) < 4.78 is 47.0. The smallest absolute Gasteiger partial charge is 0.374 e. The molecule has 4 saturated carbocycles. The first-order valence-electron chi connectivity index (χ1n) is 11.8. The van der Waals surface area contributed by atoms with Crippen molar-refractivity contribution in [3.05, 3.63) is 0 Å². The molecule has 6 aliphatic rings. The number of ether oxygens (including phenoxy) is 1. The van der Waals surface area contributed by atoms with Crippen molar-refractivity contribution in [3.63, 3.8) is 0 Å². The molecule has 0 aromatic heterocycles. The number of rotatable bonds is 0. The van der Waals surface area contributed by atoms with Gasteiger partial charge < -0.3 is 9.64 Å². The van der Waals surface area contributed by atoms with Crippen LogP contribution in [-0.4, -0.2) is 41.3 Å². The summed E-state index contributed by atoms with van der Waals surface area (Å²) in [5.41, 5.74) is -0.254. The van der Waals surface area contributed by atoms with Crippen LogP contribution in [0.1, 0.15) is 64.7 Å². The molecule has 0 radical (unpaired) electrons. The van der Waals surface area contributed by atoms with Crippen molar-refractivity contribution < 1.29 is 22.7 Å². The Bertz CT molecular complexity index is 711. The molecular formula is C23H32F3NO2. The largest absolute Gasteiger partial charge is 0.471 e. The van der Waals surface area contributed by atoms with Crippen molar-refractivity contribution in [1.82, 2.24) is 4.90 Å². The minimum Gasteiger partial charge on any atom is -0.374 e. The third-order valence-electron chi connectivity index (χ3n) is 10.1. The first-order valence-corrected chi connectivity index (χ1v) is 11.8. The van der Waals surface area contributed by atoms with Crippen LogP contribution in [0, 0.1) is 41.4 Å². The van der Waals surface area contributed by atoms with Crippen LogP contribution in [0.4, 0.5) is 13.2 Å². The van der Waals surface area contributed by atoms with E-state index in [-0.39, 0.29) is 23.6 Å². The summed E-state index contributed by atoms with van der Waals surface area (Å²) in [4.78, 5) is 13.7. The quantitative estimate of drug-likeness (QED) is 0.573. The summed E-state index contributed by atoms with van der Waals surface area (Å²) in [6, 6.07) is -0.626. The van der Waals surface area contributed by atoms with Gasteiger partial charge in [0.15, 0.2) is 0 Å². The summed E-state index contributed by atoms with van der Waals surface area (Å²) >= 11 is 0. The Morgan fingerprint density at radius 2 is 1.83 bits per heavy atom. The standard InChI is InChI=1S/C23H32F3NO2/c1-12-6-7-17-18(27(12)21(28)23(24,25)26)9-14-10-22(17)20-15(11-29-22)8-13-4-2-3-5-16(13)19(14)20/h12-20H,2-11H2,1H3/t12-,13-,14-,15-,16+,17+,18+,19-,20+,22+/m0/s1. The van der Waals surface area contributed by atoms with E-state index in [1.807, 2.05) is 0 Å². The second kappa shape index (κ2) is 6.14. The number of piperidine rings is 1. The zero-order valence-corrected chi connectivity index (χ0v) is 17.2. The molecule has 0 aromatic carbocycles. The minimum absolute atomic E-state index is 0.0846. The van der Waals surface area contributed by atoms with Crippen LogP contribution >= 0.6 is 0 Å². The number of carbonyl (C=O) groups is 1. The van der Waals surface area contributed by atoms with Gasteiger partial charge in [0.25, 0.3) is 0 Å². The molecule has 6 heteroatoms. The fourth-order valence-corrected chi connectivity index (χ4v) is 9.46. The summed E-state index contributed by atoms with van der Waals surface area (Å²) in [5.74, 6) is 2.16. The molecule has 2 aliphatic heterocycles. The van der Waals surface area contributed by atoms with Crippen molar-refractivity contribution in [2.24, 2.45) is 41.4 Å². The molecule has 6 rings (SSSR count). The lowest BCUT2D eigenvalue weighted by Gasteiger charge is -2.54. The van der Waals surface area contributed by atoms with Gasteiger partial charge in [-0.1, -0.05) is 19.3 Å². The monoisotopic (exact) mass is 411 g/mol. The number of amides is 1. The number of halogens is 3. The molecular weight excluding hydrogens is 379 g/mol. The predicted molar refractivity (Wildman–Crippen MR) is 101 cm³/mol. The molecule has 4 aliphatic carbocycles. The Hall–Kier alpha value is -0.780. The first kappa shape index (κ1) is 18.9. The van der Waals surface area contributed by atoms with Crippen molar-refractivity contribution >= 4 is 5.91 Å². The zero-order chi connectivity index (χ0) is 20.1. The Morgan fingerprint density at radius 1 is 1.03 bits per heavy atom. The van der Waals surface area contributed by atoms with Crippen LogP contribution in [0.15, 0.2) is 0 Å². The summed E-state index contributed by atoms with van der Waals surface area (Å²) in [6.07, 6.45) is 5.09. The highest BCUT2D eigenvalue weighted by atomic mass is 19.4. The van der Waals surface area contributed by atoms with E-state index in [0.29, 0.717) is 30.1 Å². The van der Waals surface area contributed by atoms with E-state index in [0.717, 1.165) is 37.7 Å². The lowest BCUT2D eigenvalue weighted by molar-refractivity contribution is -0.201. The van der Waals surface area contributed by atoms with Gasteiger partial charge in [-0.05, 0) is 81.0 Å². The van der Waals surface area contributed by atoms with Crippen molar-refractivity contribution in [2.45, 2.75) is 88.6 Å². The van der Waals surface area contributed by atoms with E-state index in [1.165, 1.54) is 37.0 Å². The molecule has 10 atom stereocenters. The maximum Gasteiger partial charge on any atom is 0.471 e. The average molecular weight is 412 g/mol. The normalized spacial score (nSPS) is 53.2. The lowest BCUT2D eigenvalue weighted by Crippen LogP contribution is -2.63. The van der Waals surface area contributed by atoms with Crippen LogP contribution in [0.5, 0.6) is 0 Å². The lowest BCUT2D eigenvalue weighted by atomic mass is 9.56. The summed E-state index contributed by atoms with van der Waals surface area (Å²) in [7, 11) is 0. The number of fused-ring (bicyclic) bond motifs is 5. The molecule has 2 heterocycles. The Balaban J connectivity index is 1.39. The predicted octanol–water partition coefficient (Wildman–Crippen LogP) is 4.80. The van der Waals surface area contributed by atoms with Gasteiger partial charge in [0.2, 0.25) is 0 Å². The number of alkyl halides is 3. The fourth-order valence-electron chi connectivity index (χ4n) is 9.46. The molecule has 0 aromatic rings. The Morgan fingerprint density at radius 3 is 2.62 bits per heavy atom. The second-order valence-corrected chi connectivity index (χ2v) is 11.1. The number of carbonyl (C=O) groups excluding carboxylic acids is 1. The molecule has 1 amide bonds. The van der Waals surface area contributed by atoms with Gasteiger partial charge in [0, 0.05) is 18.0 Å². The van der Waals surface area contributed by atoms with Gasteiger partial charge in [0.1, 0.15) is 0 Å². The SMILES string of the molecule is C[C@H]1CC[C@@H]2[C@@H](C[C@H]3C[C@@]24OC[C@@H]2C[C@@H]5CCCC[C@H]5[C@H]3[C@@H]24)N1C(=O)C(F)(F)F. The molecule has 3 nitrogen and oxygen atoms in total. The number of hydrogen-bond acceptors (Lipinski definition) is 2. The number of likely N-dealkylation sites (tertiary alicyclic amines) is 1. The Kier molecular flexibility index (Phi) is 4.01. The number of nitrogens with zero attached hydrogens (tertiary/aromatic N) is 1. The van der Waals surface area contributed by atoms with Crippen LogP contribution in [0.2, 0.25) is 0 Å². The van der Waals surface area contributed by atoms with E-state index in [1.54, 1.807) is 6.92 Å². The molecule has 0 N–H and O–H groups in total. The number of hydrogen-bond donors (Lipinski definition) is 0. The van der Waals surface area contributed by atoms with E-state index in [4.69, 9.17) is 4.74 Å². The van der Waals surface area contributed by atoms with Gasteiger partial charge in [-0.2, -0.15) is 13.2 Å². The van der Waals surface area contributed by atoms with Crippen molar-refractivity contribution in [2.75, 3.05) is 6.61 Å². The van der Waals surface area contributed by atoms with Crippen LogP contribution in [-0.2, 0) is 9.53 Å². The van der Waals surface area contributed by atoms with E-state index in [9.17, 15) is 18.0 Å². The van der Waals surface area contributed by atoms with Crippen LogP contribution < -0.4 is 0 Å². The van der Waals surface area contributed by atoms with E-state index >= 15 is 0 Å². The third-order valence-corrected chi connectivity index (χ3v) is 10.1. The second-order valence-electron chi connectivity index (χ2n) is 11.1. The topological polar surface area (TPSA) is 29.5 Å². The van der Waals surface area contributed by atoms with E-state index < -0.39 is 12.1 Å². The molecule has 2 saturated heterocycles. The van der Waals surface area contributed by atoms with Gasteiger partial charge in [-0.15, -0.1) is 0 Å². The van der Waals surface area contributed by atoms with E-state index in [2.05, 4.69) is 0 Å². The molecule has 6 fully saturated rings. The molecule has 1 spiro atoms. The first-order chi connectivity index (χ1) is 13.8.